The van der Waals surface area contributed by atoms with E-state index in [1.807, 2.05) is 0 Å². The third kappa shape index (κ3) is 7.94. The lowest BCUT2D eigenvalue weighted by Gasteiger charge is -2.35. The van der Waals surface area contributed by atoms with E-state index in [0.717, 1.165) is 0 Å². The Kier molecular flexibility index (Phi) is 9.87. The van der Waals surface area contributed by atoms with Crippen molar-refractivity contribution in [3.05, 3.63) is 72.8 Å². The average molecular weight is 793 g/mol. The lowest BCUT2D eigenvalue weighted by Crippen LogP contribution is -2.60. The molecule has 0 spiro atoms. The first-order valence-electron chi connectivity index (χ1n) is 18.2. The predicted molar refractivity (Wildman–Crippen MR) is 200 cm³/mol. The minimum absolute atomic E-state index is 0.0545. The van der Waals surface area contributed by atoms with Crippen LogP contribution < -0.4 is 20.1 Å². The lowest BCUT2D eigenvalue weighted by molar-refractivity contribution is -0.143. The highest BCUT2D eigenvalue weighted by Gasteiger charge is 2.62. The molecule has 14 nitrogen and oxygen atoms in total. The molecule has 3 heterocycles. The van der Waals surface area contributed by atoms with Gasteiger partial charge in [-0.3, -0.25) is 19.1 Å². The average Bonchev–Trinajstić information content (AvgIpc) is 4.08. The number of carbonyl (C=O) groups is 4. The molecule has 5 atom stereocenters. The van der Waals surface area contributed by atoms with Gasteiger partial charge < -0.3 is 25.0 Å². The number of amides is 4. The van der Waals surface area contributed by atoms with Crippen molar-refractivity contribution in [2.75, 3.05) is 13.2 Å². The van der Waals surface area contributed by atoms with Gasteiger partial charge in [0.05, 0.1) is 22.8 Å². The van der Waals surface area contributed by atoms with Gasteiger partial charge in [0.1, 0.15) is 29.4 Å². The molecule has 2 saturated carbocycles. The van der Waals surface area contributed by atoms with E-state index in [9.17, 15) is 27.6 Å². The molecule has 4 amide bonds. The molecule has 3 N–H and O–H groups in total. The van der Waals surface area contributed by atoms with Crippen molar-refractivity contribution in [3.63, 3.8) is 0 Å². The van der Waals surface area contributed by atoms with E-state index in [4.69, 9.17) is 19.4 Å². The fourth-order valence-electron chi connectivity index (χ4n) is 7.00. The summed E-state index contributed by atoms with van der Waals surface area (Å²) in [6.07, 6.45) is 1.87. The molecular formula is C39H42F2N6O8S. The smallest absolute Gasteiger partial charge is 0.408 e. The van der Waals surface area contributed by atoms with E-state index >= 15 is 8.78 Å². The van der Waals surface area contributed by atoms with E-state index < -0.39 is 86.7 Å². The Morgan fingerprint density at radius 2 is 1.79 bits per heavy atom. The minimum Gasteiger partial charge on any atom is -0.471 e. The second kappa shape index (κ2) is 14.2. The van der Waals surface area contributed by atoms with Crippen molar-refractivity contribution in [3.8, 4) is 17.1 Å². The van der Waals surface area contributed by atoms with Crippen LogP contribution in [0.1, 0.15) is 52.0 Å². The number of nitrogens with zero attached hydrogens (tertiary/aromatic N) is 3. The third-order valence-electron chi connectivity index (χ3n) is 10.4. The first kappa shape index (κ1) is 38.8. The number of sulfonamides is 1. The molecule has 7 rings (SSSR count). The van der Waals surface area contributed by atoms with Crippen LogP contribution in [0.15, 0.2) is 67.3 Å². The van der Waals surface area contributed by atoms with Gasteiger partial charge in [0, 0.05) is 17.9 Å². The van der Waals surface area contributed by atoms with Crippen molar-refractivity contribution >= 4 is 50.9 Å². The second-order valence-corrected chi connectivity index (χ2v) is 17.7. The van der Waals surface area contributed by atoms with Crippen LogP contribution in [0.4, 0.5) is 13.6 Å². The maximum absolute atomic E-state index is 15.0. The quantitative estimate of drug-likeness (QED) is 0.307. The molecule has 17 heteroatoms. The molecule has 4 bridgehead atoms. The number of benzene rings is 2. The number of cyclic esters (lactones) is 1. The van der Waals surface area contributed by atoms with Crippen LogP contribution in [0.5, 0.6) is 5.88 Å². The molecule has 3 fully saturated rings. The first-order valence-corrected chi connectivity index (χ1v) is 19.8. The second-order valence-electron chi connectivity index (χ2n) is 15.8. The number of halogens is 2. The molecule has 0 radical (unpaired) electrons. The van der Waals surface area contributed by atoms with Crippen LogP contribution in [-0.4, -0.2) is 95.2 Å². The summed E-state index contributed by atoms with van der Waals surface area (Å²) in [4.78, 5) is 66.1. The Morgan fingerprint density at radius 1 is 1.07 bits per heavy atom. The molecule has 296 valence electrons. The molecule has 2 aliphatic carbocycles. The number of hydrogen-bond donors (Lipinski definition) is 3. The van der Waals surface area contributed by atoms with E-state index in [1.54, 1.807) is 69.3 Å². The SMILES string of the molecule is C=C[C@@H]1C[C@]1(NC(=O)[C@@H]1C[C@@H]2CN1C(=O)[C@H](C(C)(C)C)NC(=O)OCC(F)(F)/C=C/c1cccc(c1)-c1nc3ccccc3nc1O2)C(=O)NS(=O)(=O)C1CC1. The van der Waals surface area contributed by atoms with E-state index in [2.05, 4.69) is 21.9 Å². The van der Waals surface area contributed by atoms with Gasteiger partial charge in [-0.25, -0.2) is 23.2 Å². The number of alkyl carbamates (subject to hydrolysis) is 1. The van der Waals surface area contributed by atoms with Crippen LogP contribution in [0.2, 0.25) is 0 Å². The van der Waals surface area contributed by atoms with E-state index in [0.29, 0.717) is 41.1 Å². The van der Waals surface area contributed by atoms with Crippen LogP contribution in [0, 0.1) is 11.3 Å². The Balaban J connectivity index is 1.28. The molecular weight excluding hydrogens is 751 g/mol. The van der Waals surface area contributed by atoms with Gasteiger partial charge in [-0.05, 0) is 54.5 Å². The van der Waals surface area contributed by atoms with E-state index in [1.165, 1.54) is 17.1 Å². The van der Waals surface area contributed by atoms with Gasteiger partial charge in [0.15, 0.2) is 6.61 Å². The van der Waals surface area contributed by atoms with Gasteiger partial charge in [0.25, 0.3) is 11.8 Å². The zero-order valence-corrected chi connectivity index (χ0v) is 31.8. The van der Waals surface area contributed by atoms with Crippen molar-refractivity contribution in [1.29, 1.82) is 0 Å². The molecule has 3 aromatic rings. The van der Waals surface area contributed by atoms with Crippen LogP contribution in [-0.2, 0) is 29.1 Å². The fourth-order valence-corrected chi connectivity index (χ4v) is 8.36. The van der Waals surface area contributed by atoms with Gasteiger partial charge in [-0.1, -0.05) is 63.3 Å². The summed E-state index contributed by atoms with van der Waals surface area (Å²) in [5, 5.41) is 4.45. The number of carbonyl (C=O) groups excluding carboxylic acids is 4. The first-order chi connectivity index (χ1) is 26.4. The summed E-state index contributed by atoms with van der Waals surface area (Å²) in [5.41, 5.74) is -0.518. The lowest BCUT2D eigenvalue weighted by atomic mass is 9.85. The van der Waals surface area contributed by atoms with Crippen molar-refractivity contribution in [2.24, 2.45) is 11.3 Å². The zero-order chi connectivity index (χ0) is 40.2. The Morgan fingerprint density at radius 3 is 2.45 bits per heavy atom. The van der Waals surface area contributed by atoms with Crippen molar-refractivity contribution < 1.29 is 45.9 Å². The highest BCUT2D eigenvalue weighted by atomic mass is 32.2. The fraction of sp³-hybridized carbons (Fsp3) is 0.436. The zero-order valence-electron chi connectivity index (χ0n) is 31.0. The van der Waals surface area contributed by atoms with Crippen LogP contribution >= 0.6 is 0 Å². The highest BCUT2D eigenvalue weighted by Crippen LogP contribution is 2.46. The molecule has 1 saturated heterocycles. The summed E-state index contributed by atoms with van der Waals surface area (Å²) in [5.74, 6) is -6.58. The number of rotatable bonds is 6. The Bertz CT molecular complexity index is 2260. The van der Waals surface area contributed by atoms with Gasteiger partial charge in [0.2, 0.25) is 27.7 Å². The summed E-state index contributed by atoms with van der Waals surface area (Å²) < 4.78 is 69.0. The largest absolute Gasteiger partial charge is 0.471 e. The summed E-state index contributed by atoms with van der Waals surface area (Å²) in [6, 6.07) is 10.9. The topological polar surface area (TPSA) is 186 Å². The number of hydrogen-bond acceptors (Lipinski definition) is 10. The normalized spacial score (nSPS) is 27.0. The number of nitrogens with one attached hydrogen (secondary N) is 3. The number of para-hydroxylation sites is 2. The number of fused-ring (bicyclic) bond motifs is 7. The summed E-state index contributed by atoms with van der Waals surface area (Å²) in [7, 11) is -3.96. The third-order valence-corrected chi connectivity index (χ3v) is 12.2. The van der Waals surface area contributed by atoms with Gasteiger partial charge >= 0.3 is 6.09 Å². The molecule has 2 aliphatic heterocycles. The minimum atomic E-state index is -3.96. The van der Waals surface area contributed by atoms with Crippen LogP contribution in [0.25, 0.3) is 28.4 Å². The molecule has 2 aromatic carbocycles. The van der Waals surface area contributed by atoms with Gasteiger partial charge in [-0.2, -0.15) is 8.78 Å². The number of alkyl halides is 2. The molecule has 1 aromatic heterocycles. The van der Waals surface area contributed by atoms with Crippen molar-refractivity contribution in [2.45, 2.75) is 81.4 Å². The number of aromatic nitrogens is 2. The molecule has 4 aliphatic rings. The molecule has 0 unspecified atom stereocenters. The maximum Gasteiger partial charge on any atom is 0.408 e. The maximum atomic E-state index is 15.0. The number of ether oxygens (including phenoxy) is 2. The monoisotopic (exact) mass is 792 g/mol. The van der Waals surface area contributed by atoms with Crippen LogP contribution in [0.3, 0.4) is 0 Å². The standard InChI is InChI=1S/C39H42F2N6O8S/c1-5-24-19-39(24,35(50)46-56(52,53)26-13-14-26)45-32(48)29-18-25-20-47(29)34(49)31(37(2,3)4)44-36(51)54-21-38(40,41)16-15-22-9-8-10-23(17-22)30-33(55-25)43-28-12-7-6-11-27(28)42-30/h5-12,15-17,24-26,29,31H,1,13-14,18-21H2,2-4H3,(H,44,51)(H,45,48)(H,46,50)/b16-15+/t24-,25-,29+,31-,39-/m1/s1. The Labute approximate surface area is 322 Å². The summed E-state index contributed by atoms with van der Waals surface area (Å²) in [6.45, 7) is 7.14. The van der Waals surface area contributed by atoms with E-state index in [-0.39, 0.29) is 31.0 Å². The Hall–Kier alpha value is -5.45. The molecule has 56 heavy (non-hydrogen) atoms. The highest BCUT2D eigenvalue weighted by molar-refractivity contribution is 7.91. The summed E-state index contributed by atoms with van der Waals surface area (Å²) >= 11 is 0. The van der Waals surface area contributed by atoms with Crippen molar-refractivity contribution in [1.82, 2.24) is 30.2 Å². The van der Waals surface area contributed by atoms with Gasteiger partial charge in [-0.15, -0.1) is 6.58 Å². The predicted octanol–water partition coefficient (Wildman–Crippen LogP) is 4.12.